The minimum absolute atomic E-state index is 0.0260. The molecule has 0 saturated carbocycles. The Hall–Kier alpha value is -2.03. The highest BCUT2D eigenvalue weighted by Crippen LogP contribution is 2.38. The highest BCUT2D eigenvalue weighted by molar-refractivity contribution is 5.55. The molecule has 1 aromatic rings. The standard InChI is InChI=1S/C12H15F3N2O4/c1-20-10-5-7(8(16)3-4-12(13,14)15)9(17(18)19)6-11(10)21-2/h5-6,8H,3-4,16H2,1-2H3/t8-/m1/s1. The van der Waals surface area contributed by atoms with Gasteiger partial charge in [0.1, 0.15) is 0 Å². The van der Waals surface area contributed by atoms with E-state index in [4.69, 9.17) is 15.2 Å². The molecule has 0 bridgehead atoms. The average Bonchev–Trinajstić information content (AvgIpc) is 2.42. The van der Waals surface area contributed by atoms with E-state index in [1.807, 2.05) is 0 Å². The molecule has 0 saturated heterocycles. The summed E-state index contributed by atoms with van der Waals surface area (Å²) in [6, 6.07) is 1.19. The fourth-order valence-corrected chi connectivity index (χ4v) is 1.81. The van der Waals surface area contributed by atoms with Crippen molar-refractivity contribution >= 4 is 5.69 Å². The minimum atomic E-state index is -4.37. The number of hydrogen-bond acceptors (Lipinski definition) is 5. The summed E-state index contributed by atoms with van der Waals surface area (Å²) in [6.45, 7) is 0. The molecule has 1 atom stereocenters. The van der Waals surface area contributed by atoms with Crippen LogP contribution in [-0.2, 0) is 0 Å². The summed E-state index contributed by atoms with van der Waals surface area (Å²) in [4.78, 5) is 10.3. The highest BCUT2D eigenvalue weighted by atomic mass is 19.4. The third-order valence-electron chi connectivity index (χ3n) is 2.87. The largest absolute Gasteiger partial charge is 0.493 e. The van der Waals surface area contributed by atoms with E-state index in [1.54, 1.807) is 0 Å². The van der Waals surface area contributed by atoms with Crippen LogP contribution in [0.1, 0.15) is 24.4 Å². The lowest BCUT2D eigenvalue weighted by Crippen LogP contribution is -2.17. The number of nitrogens with two attached hydrogens (primary N) is 1. The van der Waals surface area contributed by atoms with E-state index in [2.05, 4.69) is 0 Å². The maximum absolute atomic E-state index is 12.2. The molecule has 6 nitrogen and oxygen atoms in total. The molecule has 2 N–H and O–H groups in total. The topological polar surface area (TPSA) is 87.6 Å². The van der Waals surface area contributed by atoms with E-state index >= 15 is 0 Å². The first kappa shape index (κ1) is 17.0. The molecule has 1 aromatic carbocycles. The second-order valence-electron chi connectivity index (χ2n) is 4.28. The molecule has 0 spiro atoms. The SMILES string of the molecule is COc1cc([C@H](N)CCC(F)(F)F)c([N+](=O)[O-])cc1OC. The third-order valence-corrected chi connectivity index (χ3v) is 2.87. The minimum Gasteiger partial charge on any atom is -0.493 e. The molecule has 9 heteroatoms. The van der Waals surface area contributed by atoms with Gasteiger partial charge in [0.05, 0.1) is 30.8 Å². The molecule has 1 rings (SSSR count). The molecule has 21 heavy (non-hydrogen) atoms. The lowest BCUT2D eigenvalue weighted by Gasteiger charge is -2.16. The maximum atomic E-state index is 12.2. The van der Waals surface area contributed by atoms with E-state index in [0.717, 1.165) is 6.07 Å². The summed E-state index contributed by atoms with van der Waals surface area (Å²) in [6.07, 6.45) is -5.96. The van der Waals surface area contributed by atoms with Crippen LogP contribution >= 0.6 is 0 Å². The molecular weight excluding hydrogens is 293 g/mol. The van der Waals surface area contributed by atoms with Crippen molar-refractivity contribution in [3.05, 3.63) is 27.8 Å². The molecule has 118 valence electrons. The van der Waals surface area contributed by atoms with Crippen LogP contribution in [0.3, 0.4) is 0 Å². The van der Waals surface area contributed by atoms with Gasteiger partial charge in [-0.2, -0.15) is 13.2 Å². The molecule has 0 aromatic heterocycles. The zero-order valence-corrected chi connectivity index (χ0v) is 11.4. The Balaban J connectivity index is 3.16. The van der Waals surface area contributed by atoms with E-state index in [-0.39, 0.29) is 17.1 Å². The quantitative estimate of drug-likeness (QED) is 0.645. The van der Waals surface area contributed by atoms with Gasteiger partial charge in [-0.05, 0) is 12.5 Å². The molecular formula is C12H15F3N2O4. The van der Waals surface area contributed by atoms with Crippen molar-refractivity contribution in [3.8, 4) is 11.5 Å². The molecule has 0 amide bonds. The van der Waals surface area contributed by atoms with Crippen molar-refractivity contribution in [1.82, 2.24) is 0 Å². The number of nitro benzene ring substituents is 1. The van der Waals surface area contributed by atoms with Gasteiger partial charge in [0, 0.05) is 12.5 Å². The van der Waals surface area contributed by atoms with E-state index < -0.39 is 35.7 Å². The number of methoxy groups -OCH3 is 2. The van der Waals surface area contributed by atoms with Crippen molar-refractivity contribution in [2.45, 2.75) is 25.1 Å². The lowest BCUT2D eigenvalue weighted by atomic mass is 10.00. The summed E-state index contributed by atoms with van der Waals surface area (Å²) in [5.74, 6) is 0.275. The summed E-state index contributed by atoms with van der Waals surface area (Å²) in [7, 11) is 2.61. The van der Waals surface area contributed by atoms with Crippen LogP contribution in [0.5, 0.6) is 11.5 Å². The smallest absolute Gasteiger partial charge is 0.389 e. The Morgan fingerprint density at radius 2 is 1.81 bits per heavy atom. The molecule has 0 fully saturated rings. The second kappa shape index (κ2) is 6.61. The van der Waals surface area contributed by atoms with Crippen molar-refractivity contribution in [2.24, 2.45) is 5.73 Å². The molecule has 0 aliphatic carbocycles. The number of ether oxygens (including phenoxy) is 2. The maximum Gasteiger partial charge on any atom is 0.389 e. The van der Waals surface area contributed by atoms with Gasteiger partial charge >= 0.3 is 6.18 Å². The zero-order valence-electron chi connectivity index (χ0n) is 11.4. The first-order valence-corrected chi connectivity index (χ1v) is 5.92. The van der Waals surface area contributed by atoms with Crippen molar-refractivity contribution < 1.29 is 27.6 Å². The Morgan fingerprint density at radius 1 is 1.29 bits per heavy atom. The van der Waals surface area contributed by atoms with Gasteiger partial charge in [0.15, 0.2) is 11.5 Å². The highest BCUT2D eigenvalue weighted by Gasteiger charge is 2.30. The monoisotopic (exact) mass is 308 g/mol. The fourth-order valence-electron chi connectivity index (χ4n) is 1.81. The van der Waals surface area contributed by atoms with Crippen LogP contribution in [0.15, 0.2) is 12.1 Å². The zero-order chi connectivity index (χ0) is 16.2. The van der Waals surface area contributed by atoms with E-state index in [0.29, 0.717) is 0 Å². The van der Waals surface area contributed by atoms with Crippen molar-refractivity contribution in [1.29, 1.82) is 0 Å². The van der Waals surface area contributed by atoms with Gasteiger partial charge in [-0.1, -0.05) is 0 Å². The first-order valence-electron chi connectivity index (χ1n) is 5.92. The Labute approximate surface area is 118 Å². The first-order chi connectivity index (χ1) is 9.69. The number of nitrogens with zero attached hydrogens (tertiary/aromatic N) is 1. The molecule has 0 heterocycles. The summed E-state index contributed by atoms with van der Waals surface area (Å²) in [5.41, 5.74) is 5.23. The summed E-state index contributed by atoms with van der Waals surface area (Å²) < 4.78 is 46.6. The predicted molar refractivity (Wildman–Crippen MR) is 68.4 cm³/mol. The van der Waals surface area contributed by atoms with Crippen LogP contribution < -0.4 is 15.2 Å². The summed E-state index contributed by atoms with van der Waals surface area (Å²) in [5, 5.41) is 11.0. The van der Waals surface area contributed by atoms with E-state index in [9.17, 15) is 23.3 Å². The number of halogens is 3. The van der Waals surface area contributed by atoms with Crippen LogP contribution in [0.4, 0.5) is 18.9 Å². The van der Waals surface area contributed by atoms with Crippen molar-refractivity contribution in [3.63, 3.8) is 0 Å². The van der Waals surface area contributed by atoms with E-state index in [1.165, 1.54) is 20.3 Å². The van der Waals surface area contributed by atoms with Gasteiger partial charge in [0.25, 0.3) is 5.69 Å². The lowest BCUT2D eigenvalue weighted by molar-refractivity contribution is -0.385. The van der Waals surface area contributed by atoms with Gasteiger partial charge in [-0.3, -0.25) is 10.1 Å². The number of benzene rings is 1. The molecule has 0 unspecified atom stereocenters. The number of hydrogen-bond donors (Lipinski definition) is 1. The van der Waals surface area contributed by atoms with Gasteiger partial charge < -0.3 is 15.2 Å². The number of alkyl halides is 3. The van der Waals surface area contributed by atoms with Gasteiger partial charge in [-0.25, -0.2) is 0 Å². The predicted octanol–water partition coefficient (Wildman–Crippen LogP) is 2.95. The van der Waals surface area contributed by atoms with Crippen molar-refractivity contribution in [2.75, 3.05) is 14.2 Å². The van der Waals surface area contributed by atoms with Crippen LogP contribution in [-0.4, -0.2) is 25.3 Å². The fraction of sp³-hybridized carbons (Fsp3) is 0.500. The molecule has 0 aliphatic heterocycles. The van der Waals surface area contributed by atoms with Crippen LogP contribution in [0, 0.1) is 10.1 Å². The Kier molecular flexibility index (Phi) is 5.36. The normalized spacial score (nSPS) is 12.9. The summed E-state index contributed by atoms with van der Waals surface area (Å²) >= 11 is 0. The third kappa shape index (κ3) is 4.48. The Morgan fingerprint density at radius 3 is 2.24 bits per heavy atom. The molecule has 0 radical (unpaired) electrons. The van der Waals surface area contributed by atoms with Gasteiger partial charge in [0.2, 0.25) is 0 Å². The van der Waals surface area contributed by atoms with Crippen LogP contribution in [0.2, 0.25) is 0 Å². The average molecular weight is 308 g/mol. The van der Waals surface area contributed by atoms with Crippen LogP contribution in [0.25, 0.3) is 0 Å². The van der Waals surface area contributed by atoms with Gasteiger partial charge in [-0.15, -0.1) is 0 Å². The molecule has 0 aliphatic rings. The number of rotatable bonds is 6. The second-order valence-corrected chi connectivity index (χ2v) is 4.28. The number of nitro groups is 1. The Bertz CT molecular complexity index is 520.